The summed E-state index contributed by atoms with van der Waals surface area (Å²) in [5, 5.41) is 13.9. The average molecular weight is 278 g/mol. The molecule has 1 aliphatic rings. The largest absolute Gasteiger partial charge is 0.388 e. The Morgan fingerprint density at radius 2 is 2.00 bits per heavy atom. The van der Waals surface area contributed by atoms with Crippen LogP contribution in [-0.4, -0.2) is 44.6 Å². The van der Waals surface area contributed by atoms with Crippen LogP contribution in [0.1, 0.15) is 31.4 Å². The highest BCUT2D eigenvalue weighted by atomic mass is 16.5. The summed E-state index contributed by atoms with van der Waals surface area (Å²) >= 11 is 0. The molecule has 2 N–H and O–H groups in total. The topological polar surface area (TPSA) is 44.7 Å². The Morgan fingerprint density at radius 1 is 1.35 bits per heavy atom. The van der Waals surface area contributed by atoms with E-state index in [1.807, 2.05) is 13.1 Å². The van der Waals surface area contributed by atoms with E-state index in [1.165, 1.54) is 11.3 Å². The summed E-state index contributed by atoms with van der Waals surface area (Å²) in [6.45, 7) is 4.09. The van der Waals surface area contributed by atoms with Gasteiger partial charge in [-0.05, 0) is 25.6 Å². The summed E-state index contributed by atoms with van der Waals surface area (Å²) in [4.78, 5) is 2.16. The first-order valence-corrected chi connectivity index (χ1v) is 7.33. The van der Waals surface area contributed by atoms with Crippen LogP contribution in [0.25, 0.3) is 0 Å². The van der Waals surface area contributed by atoms with Crippen LogP contribution in [0.4, 0.5) is 5.69 Å². The number of likely N-dealkylation sites (N-methyl/N-ethyl adjacent to an activating group) is 1. The SMILES string of the molecule is CNC(C)c1ccccc1N(C)CC1(O)CCOCC1. The lowest BCUT2D eigenvalue weighted by molar-refractivity contribution is -0.0572. The zero-order chi connectivity index (χ0) is 14.6. The van der Waals surface area contributed by atoms with Gasteiger partial charge in [0, 0.05) is 51.4 Å². The van der Waals surface area contributed by atoms with E-state index < -0.39 is 5.60 Å². The van der Waals surface area contributed by atoms with Gasteiger partial charge < -0.3 is 20.1 Å². The summed E-state index contributed by atoms with van der Waals surface area (Å²) in [6, 6.07) is 8.65. The van der Waals surface area contributed by atoms with Crippen LogP contribution in [-0.2, 0) is 4.74 Å². The van der Waals surface area contributed by atoms with Gasteiger partial charge in [0.15, 0.2) is 0 Å². The third kappa shape index (κ3) is 3.51. The molecule has 20 heavy (non-hydrogen) atoms. The summed E-state index contributed by atoms with van der Waals surface area (Å²) in [5.74, 6) is 0. The molecule has 1 atom stereocenters. The molecule has 0 aromatic heterocycles. The van der Waals surface area contributed by atoms with Crippen LogP contribution in [0, 0.1) is 0 Å². The Hall–Kier alpha value is -1.10. The molecule has 1 aromatic rings. The highest BCUT2D eigenvalue weighted by Gasteiger charge is 2.31. The molecule has 112 valence electrons. The van der Waals surface area contributed by atoms with Crippen LogP contribution in [0.5, 0.6) is 0 Å². The van der Waals surface area contributed by atoms with E-state index in [0.29, 0.717) is 32.6 Å². The van der Waals surface area contributed by atoms with Crippen molar-refractivity contribution >= 4 is 5.69 Å². The van der Waals surface area contributed by atoms with Crippen LogP contribution in [0.2, 0.25) is 0 Å². The van der Waals surface area contributed by atoms with E-state index in [0.717, 1.165) is 0 Å². The van der Waals surface area contributed by atoms with Gasteiger partial charge in [0.1, 0.15) is 0 Å². The number of rotatable bonds is 5. The van der Waals surface area contributed by atoms with Crippen molar-refractivity contribution in [1.29, 1.82) is 0 Å². The zero-order valence-corrected chi connectivity index (χ0v) is 12.7. The first-order valence-electron chi connectivity index (χ1n) is 7.33. The Morgan fingerprint density at radius 3 is 2.65 bits per heavy atom. The molecule has 0 saturated carbocycles. The maximum Gasteiger partial charge on any atom is 0.0865 e. The average Bonchev–Trinajstić information content (AvgIpc) is 2.46. The number of para-hydroxylation sites is 1. The highest BCUT2D eigenvalue weighted by Crippen LogP contribution is 2.28. The number of anilines is 1. The molecule has 0 bridgehead atoms. The van der Waals surface area contributed by atoms with Crippen molar-refractivity contribution in [2.45, 2.75) is 31.4 Å². The number of hydrogen-bond acceptors (Lipinski definition) is 4. The first-order chi connectivity index (χ1) is 9.56. The molecule has 1 aliphatic heterocycles. The maximum atomic E-state index is 10.7. The van der Waals surface area contributed by atoms with Crippen LogP contribution in [0.15, 0.2) is 24.3 Å². The minimum Gasteiger partial charge on any atom is -0.388 e. The summed E-state index contributed by atoms with van der Waals surface area (Å²) in [5.41, 5.74) is 1.80. The Kier molecular flexibility index (Phi) is 5.02. The predicted molar refractivity (Wildman–Crippen MR) is 82.2 cm³/mol. The number of nitrogens with zero attached hydrogens (tertiary/aromatic N) is 1. The van der Waals surface area contributed by atoms with E-state index >= 15 is 0 Å². The third-order valence-electron chi connectivity index (χ3n) is 4.20. The van der Waals surface area contributed by atoms with Gasteiger partial charge in [-0.15, -0.1) is 0 Å². The smallest absolute Gasteiger partial charge is 0.0865 e. The van der Waals surface area contributed by atoms with Crippen molar-refractivity contribution in [3.8, 4) is 0 Å². The minimum atomic E-state index is -0.636. The molecule has 1 saturated heterocycles. The van der Waals surface area contributed by atoms with Gasteiger partial charge in [0.25, 0.3) is 0 Å². The highest BCUT2D eigenvalue weighted by molar-refractivity contribution is 5.54. The quantitative estimate of drug-likeness (QED) is 0.864. The van der Waals surface area contributed by atoms with Crippen LogP contribution < -0.4 is 10.2 Å². The number of hydrogen-bond donors (Lipinski definition) is 2. The second-order valence-electron chi connectivity index (χ2n) is 5.76. The minimum absolute atomic E-state index is 0.290. The van der Waals surface area contributed by atoms with Crippen LogP contribution in [0.3, 0.4) is 0 Å². The molecule has 0 aliphatic carbocycles. The molecule has 0 amide bonds. The van der Waals surface area contributed by atoms with Crippen molar-refractivity contribution < 1.29 is 9.84 Å². The normalized spacial score (nSPS) is 19.6. The lowest BCUT2D eigenvalue weighted by Crippen LogP contribution is -2.46. The first kappa shape index (κ1) is 15.3. The molecular formula is C16H26N2O2. The van der Waals surface area contributed by atoms with Crippen molar-refractivity contribution in [2.24, 2.45) is 0 Å². The van der Waals surface area contributed by atoms with E-state index in [2.05, 4.69) is 42.4 Å². The van der Waals surface area contributed by atoms with Gasteiger partial charge in [-0.3, -0.25) is 0 Å². The van der Waals surface area contributed by atoms with E-state index in [9.17, 15) is 5.11 Å². The zero-order valence-electron chi connectivity index (χ0n) is 12.7. The Balaban J connectivity index is 2.14. The lowest BCUT2D eigenvalue weighted by atomic mass is 9.93. The Labute approximate surface area is 121 Å². The van der Waals surface area contributed by atoms with Gasteiger partial charge in [-0.1, -0.05) is 18.2 Å². The number of aliphatic hydroxyl groups is 1. The van der Waals surface area contributed by atoms with Gasteiger partial charge in [0.2, 0.25) is 0 Å². The fraction of sp³-hybridized carbons (Fsp3) is 0.625. The summed E-state index contributed by atoms with van der Waals surface area (Å²) < 4.78 is 5.34. The summed E-state index contributed by atoms with van der Waals surface area (Å²) in [6.07, 6.45) is 1.42. The number of ether oxygens (including phenoxy) is 1. The monoisotopic (exact) mass is 278 g/mol. The molecule has 1 aromatic carbocycles. The van der Waals surface area contributed by atoms with Crippen molar-refractivity contribution in [1.82, 2.24) is 5.32 Å². The molecule has 4 heteroatoms. The maximum absolute atomic E-state index is 10.7. The van der Waals surface area contributed by atoms with Gasteiger partial charge >= 0.3 is 0 Å². The molecule has 4 nitrogen and oxygen atoms in total. The molecule has 1 unspecified atom stereocenters. The van der Waals surface area contributed by atoms with Crippen molar-refractivity contribution in [3.05, 3.63) is 29.8 Å². The van der Waals surface area contributed by atoms with Crippen molar-refractivity contribution in [3.63, 3.8) is 0 Å². The van der Waals surface area contributed by atoms with E-state index in [-0.39, 0.29) is 6.04 Å². The second kappa shape index (κ2) is 6.57. The predicted octanol–water partition coefficient (Wildman–Crippen LogP) is 1.94. The van der Waals surface area contributed by atoms with Gasteiger partial charge in [-0.25, -0.2) is 0 Å². The molecular weight excluding hydrogens is 252 g/mol. The molecule has 1 fully saturated rings. The Bertz CT molecular complexity index is 430. The van der Waals surface area contributed by atoms with Gasteiger partial charge in [-0.2, -0.15) is 0 Å². The number of benzene rings is 1. The molecule has 2 rings (SSSR count). The van der Waals surface area contributed by atoms with Crippen LogP contribution >= 0.6 is 0 Å². The molecule has 0 spiro atoms. The lowest BCUT2D eigenvalue weighted by Gasteiger charge is -2.37. The van der Waals surface area contributed by atoms with Gasteiger partial charge in [0.05, 0.1) is 5.60 Å². The fourth-order valence-electron chi connectivity index (χ4n) is 2.79. The summed E-state index contributed by atoms with van der Waals surface area (Å²) in [7, 11) is 4.02. The second-order valence-corrected chi connectivity index (χ2v) is 5.76. The van der Waals surface area contributed by atoms with E-state index in [1.54, 1.807) is 0 Å². The molecule has 1 heterocycles. The standard InChI is InChI=1S/C16H26N2O2/c1-13(17-2)14-6-4-5-7-15(14)18(3)12-16(19)8-10-20-11-9-16/h4-7,13,17,19H,8-12H2,1-3H3. The van der Waals surface area contributed by atoms with E-state index in [4.69, 9.17) is 4.74 Å². The third-order valence-corrected chi connectivity index (χ3v) is 4.20. The molecule has 0 radical (unpaired) electrons. The van der Waals surface area contributed by atoms with Crippen molar-refractivity contribution in [2.75, 3.05) is 38.8 Å². The number of nitrogens with one attached hydrogen (secondary N) is 1. The fourth-order valence-corrected chi connectivity index (χ4v) is 2.79.